The lowest BCUT2D eigenvalue weighted by molar-refractivity contribution is 0.752. The number of anilines is 3. The Kier molecular flexibility index (Phi) is 4.34. The highest BCUT2D eigenvalue weighted by Gasteiger charge is 2.07. The fourth-order valence-corrected chi connectivity index (χ4v) is 1.71. The van der Waals surface area contributed by atoms with E-state index in [2.05, 4.69) is 41.3 Å². The summed E-state index contributed by atoms with van der Waals surface area (Å²) in [5.74, 6) is 1.56. The molecule has 0 aliphatic rings. The third-order valence-corrected chi connectivity index (χ3v) is 3.12. The van der Waals surface area contributed by atoms with Crippen LogP contribution in [0.4, 0.5) is 17.5 Å². The van der Waals surface area contributed by atoms with Crippen LogP contribution in [0, 0.1) is 0 Å². The summed E-state index contributed by atoms with van der Waals surface area (Å²) in [5, 5.41) is 3.29. The number of rotatable bonds is 5. The van der Waals surface area contributed by atoms with Gasteiger partial charge in [-0.25, -0.2) is 4.98 Å². The van der Waals surface area contributed by atoms with Crippen molar-refractivity contribution in [3.8, 4) is 0 Å². The van der Waals surface area contributed by atoms with E-state index in [1.165, 1.54) is 0 Å². The van der Waals surface area contributed by atoms with Gasteiger partial charge in [0.05, 0.1) is 0 Å². The molecule has 0 amide bonds. The fraction of sp³-hybridized carbons (Fsp3) is 0.333. The van der Waals surface area contributed by atoms with E-state index in [-0.39, 0.29) is 0 Å². The summed E-state index contributed by atoms with van der Waals surface area (Å²) < 4.78 is 0. The van der Waals surface area contributed by atoms with E-state index < -0.39 is 0 Å². The quantitative estimate of drug-likeness (QED) is 0.889. The van der Waals surface area contributed by atoms with Gasteiger partial charge in [-0.1, -0.05) is 25.1 Å². The Morgan fingerprint density at radius 1 is 1.21 bits per heavy atom. The molecule has 2 rings (SSSR count). The van der Waals surface area contributed by atoms with Gasteiger partial charge in [0.1, 0.15) is 5.82 Å². The minimum atomic E-state index is 0.372. The standard InChI is InChI=1S/C15H20N4/c1-4-12(2)17-15-16-11-10-14(18-15)19(3)13-8-6-5-7-9-13/h5-12H,4H2,1-3H3,(H,16,17,18). The van der Waals surface area contributed by atoms with Crippen LogP contribution in [0.25, 0.3) is 0 Å². The Labute approximate surface area is 114 Å². The van der Waals surface area contributed by atoms with E-state index in [0.717, 1.165) is 17.9 Å². The SMILES string of the molecule is CCC(C)Nc1nccc(N(C)c2ccccc2)n1. The summed E-state index contributed by atoms with van der Waals surface area (Å²) in [6, 6.07) is 12.4. The Balaban J connectivity index is 2.19. The van der Waals surface area contributed by atoms with Crippen LogP contribution >= 0.6 is 0 Å². The second-order valence-electron chi connectivity index (χ2n) is 4.59. The van der Waals surface area contributed by atoms with Crippen LogP contribution in [0.2, 0.25) is 0 Å². The molecule has 0 saturated heterocycles. The maximum absolute atomic E-state index is 4.54. The molecule has 0 bridgehead atoms. The largest absolute Gasteiger partial charge is 0.352 e. The third kappa shape index (κ3) is 3.44. The van der Waals surface area contributed by atoms with Crippen LogP contribution in [0.15, 0.2) is 42.6 Å². The highest BCUT2D eigenvalue weighted by Crippen LogP contribution is 2.21. The zero-order valence-corrected chi connectivity index (χ0v) is 11.7. The van der Waals surface area contributed by atoms with Gasteiger partial charge >= 0.3 is 0 Å². The van der Waals surface area contributed by atoms with E-state index in [0.29, 0.717) is 12.0 Å². The third-order valence-electron chi connectivity index (χ3n) is 3.12. The summed E-state index contributed by atoms with van der Waals surface area (Å²) in [4.78, 5) is 10.8. The van der Waals surface area contributed by atoms with Gasteiger partial charge in [0, 0.05) is 25.0 Å². The number of nitrogens with one attached hydrogen (secondary N) is 1. The van der Waals surface area contributed by atoms with Gasteiger partial charge in [-0.2, -0.15) is 4.98 Å². The molecule has 4 nitrogen and oxygen atoms in total. The van der Waals surface area contributed by atoms with E-state index in [1.54, 1.807) is 6.20 Å². The first kappa shape index (κ1) is 13.3. The monoisotopic (exact) mass is 256 g/mol. The molecule has 19 heavy (non-hydrogen) atoms. The van der Waals surface area contributed by atoms with Crippen molar-refractivity contribution in [3.63, 3.8) is 0 Å². The van der Waals surface area contributed by atoms with Crippen molar-refractivity contribution in [2.75, 3.05) is 17.3 Å². The topological polar surface area (TPSA) is 41.1 Å². The molecule has 0 saturated carbocycles. The molecule has 0 aliphatic carbocycles. The summed E-state index contributed by atoms with van der Waals surface area (Å²) in [6.07, 6.45) is 2.83. The van der Waals surface area contributed by atoms with Crippen molar-refractivity contribution in [2.45, 2.75) is 26.3 Å². The molecule has 100 valence electrons. The molecule has 2 aromatic rings. The summed E-state index contributed by atoms with van der Waals surface area (Å²) in [6.45, 7) is 4.26. The number of aromatic nitrogens is 2. The molecule has 0 spiro atoms. The maximum Gasteiger partial charge on any atom is 0.224 e. The lowest BCUT2D eigenvalue weighted by Crippen LogP contribution is -2.17. The smallest absolute Gasteiger partial charge is 0.224 e. The molecular weight excluding hydrogens is 236 g/mol. The molecule has 1 N–H and O–H groups in total. The second-order valence-corrected chi connectivity index (χ2v) is 4.59. The summed E-state index contributed by atoms with van der Waals surface area (Å²) >= 11 is 0. The van der Waals surface area contributed by atoms with Crippen LogP contribution in [-0.2, 0) is 0 Å². The van der Waals surface area contributed by atoms with E-state index in [4.69, 9.17) is 0 Å². The molecule has 0 fully saturated rings. The lowest BCUT2D eigenvalue weighted by atomic mass is 10.3. The van der Waals surface area contributed by atoms with Crippen LogP contribution in [0.3, 0.4) is 0 Å². The average molecular weight is 256 g/mol. The van der Waals surface area contributed by atoms with Crippen molar-refractivity contribution in [2.24, 2.45) is 0 Å². The summed E-state index contributed by atoms with van der Waals surface area (Å²) in [7, 11) is 2.00. The first-order valence-corrected chi connectivity index (χ1v) is 6.59. The van der Waals surface area contributed by atoms with Gasteiger partial charge in [-0.3, -0.25) is 0 Å². The lowest BCUT2D eigenvalue weighted by Gasteiger charge is -2.19. The van der Waals surface area contributed by atoms with Crippen molar-refractivity contribution < 1.29 is 0 Å². The maximum atomic E-state index is 4.54. The number of hydrogen-bond donors (Lipinski definition) is 1. The molecule has 1 aromatic heterocycles. The van der Waals surface area contributed by atoms with E-state index >= 15 is 0 Å². The predicted molar refractivity (Wildman–Crippen MR) is 79.9 cm³/mol. The predicted octanol–water partition coefficient (Wildman–Crippen LogP) is 3.45. The Morgan fingerprint density at radius 3 is 2.63 bits per heavy atom. The van der Waals surface area contributed by atoms with Crippen LogP contribution in [0.1, 0.15) is 20.3 Å². The number of nitrogens with zero attached hydrogens (tertiary/aromatic N) is 3. The summed E-state index contributed by atoms with van der Waals surface area (Å²) in [5.41, 5.74) is 1.11. The highest BCUT2D eigenvalue weighted by atomic mass is 15.2. The molecular formula is C15H20N4. The van der Waals surface area contributed by atoms with Gasteiger partial charge in [-0.05, 0) is 31.5 Å². The van der Waals surface area contributed by atoms with Gasteiger partial charge in [0.25, 0.3) is 0 Å². The normalized spacial score (nSPS) is 11.9. The van der Waals surface area contributed by atoms with Crippen molar-refractivity contribution in [1.29, 1.82) is 0 Å². The Hall–Kier alpha value is -2.10. The molecule has 0 aliphatic heterocycles. The number of hydrogen-bond acceptors (Lipinski definition) is 4. The van der Waals surface area contributed by atoms with Crippen LogP contribution < -0.4 is 10.2 Å². The molecule has 1 heterocycles. The molecule has 1 atom stereocenters. The first-order chi connectivity index (χ1) is 9.20. The fourth-order valence-electron chi connectivity index (χ4n) is 1.71. The molecule has 1 aromatic carbocycles. The zero-order chi connectivity index (χ0) is 13.7. The van der Waals surface area contributed by atoms with E-state index in [1.807, 2.05) is 36.2 Å². The molecule has 1 unspecified atom stereocenters. The average Bonchev–Trinajstić information content (AvgIpc) is 2.47. The van der Waals surface area contributed by atoms with Crippen molar-refractivity contribution >= 4 is 17.5 Å². The second kappa shape index (κ2) is 6.18. The molecule has 0 radical (unpaired) electrons. The van der Waals surface area contributed by atoms with Gasteiger partial charge in [0.2, 0.25) is 5.95 Å². The van der Waals surface area contributed by atoms with Crippen molar-refractivity contribution in [3.05, 3.63) is 42.6 Å². The van der Waals surface area contributed by atoms with Gasteiger partial charge in [0.15, 0.2) is 0 Å². The van der Waals surface area contributed by atoms with Crippen LogP contribution in [0.5, 0.6) is 0 Å². The zero-order valence-electron chi connectivity index (χ0n) is 11.7. The molecule has 4 heteroatoms. The Bertz CT molecular complexity index is 513. The van der Waals surface area contributed by atoms with Gasteiger partial charge < -0.3 is 10.2 Å². The highest BCUT2D eigenvalue weighted by molar-refractivity contribution is 5.59. The van der Waals surface area contributed by atoms with Crippen molar-refractivity contribution in [1.82, 2.24) is 9.97 Å². The number of benzene rings is 1. The first-order valence-electron chi connectivity index (χ1n) is 6.59. The number of para-hydroxylation sites is 1. The minimum absolute atomic E-state index is 0.372. The minimum Gasteiger partial charge on any atom is -0.352 e. The van der Waals surface area contributed by atoms with Gasteiger partial charge in [-0.15, -0.1) is 0 Å². The van der Waals surface area contributed by atoms with E-state index in [9.17, 15) is 0 Å². The Morgan fingerprint density at radius 2 is 1.95 bits per heavy atom. The van der Waals surface area contributed by atoms with Crippen LogP contribution in [-0.4, -0.2) is 23.1 Å².